The van der Waals surface area contributed by atoms with Crippen molar-refractivity contribution in [3.63, 3.8) is 0 Å². The molecule has 0 aromatic rings. The lowest BCUT2D eigenvalue weighted by atomic mass is 9.93. The first kappa shape index (κ1) is 39.4. The lowest BCUT2D eigenvalue weighted by Gasteiger charge is -2.23. The maximum atomic E-state index is 4.21. The quantitative estimate of drug-likeness (QED) is 0.0933. The average Bonchev–Trinajstić information content (AvgIpc) is 2.85. The fourth-order valence-electron chi connectivity index (χ4n) is 4.67. The highest BCUT2D eigenvalue weighted by molar-refractivity contribution is 9.10. The van der Waals surface area contributed by atoms with E-state index in [1.54, 1.807) is 0 Å². The van der Waals surface area contributed by atoms with E-state index >= 15 is 0 Å². The third-order valence-corrected chi connectivity index (χ3v) is 8.30. The first-order chi connectivity index (χ1) is 19.2. The molecule has 232 valence electrons. The van der Waals surface area contributed by atoms with Gasteiger partial charge >= 0.3 is 0 Å². The normalized spacial score (nSPS) is 15.0. The van der Waals surface area contributed by atoms with E-state index in [0.717, 1.165) is 64.2 Å². The average molecular weight is 626 g/mol. The van der Waals surface area contributed by atoms with Crippen molar-refractivity contribution in [2.45, 2.75) is 158 Å². The summed E-state index contributed by atoms with van der Waals surface area (Å²) in [6.07, 6.45) is 32.9. The van der Waals surface area contributed by atoms with Crippen LogP contribution in [-0.4, -0.2) is 4.32 Å². The molecule has 0 aromatic heterocycles. The number of halogens is 1. The summed E-state index contributed by atoms with van der Waals surface area (Å²) in [7, 11) is 0. The van der Waals surface area contributed by atoms with Crippen LogP contribution < -0.4 is 0 Å². The Bertz CT molecular complexity index is 927. The van der Waals surface area contributed by atoms with Crippen molar-refractivity contribution in [1.82, 2.24) is 0 Å². The molecule has 0 aliphatic carbocycles. The predicted octanol–water partition coefficient (Wildman–Crippen LogP) is 14.4. The highest BCUT2D eigenvalue weighted by Crippen LogP contribution is 2.33. The summed E-state index contributed by atoms with van der Waals surface area (Å²) in [5, 5.41) is 0. The van der Waals surface area contributed by atoms with Crippen molar-refractivity contribution < 1.29 is 0 Å². The van der Waals surface area contributed by atoms with Gasteiger partial charge in [-0.3, -0.25) is 0 Å². The van der Waals surface area contributed by atoms with Gasteiger partial charge in [0.2, 0.25) is 0 Å². The Kier molecular flexibility index (Phi) is 22.0. The fourth-order valence-corrected chi connectivity index (χ4v) is 5.38. The second kappa shape index (κ2) is 22.9. The van der Waals surface area contributed by atoms with Gasteiger partial charge in [0.15, 0.2) is 0 Å². The van der Waals surface area contributed by atoms with Gasteiger partial charge in [0.05, 0.1) is 4.32 Å². The van der Waals surface area contributed by atoms with E-state index in [1.165, 1.54) is 57.4 Å². The number of hydrogen-bond acceptors (Lipinski definition) is 0. The van der Waals surface area contributed by atoms with E-state index in [4.69, 9.17) is 0 Å². The Labute approximate surface area is 265 Å². The highest BCUT2D eigenvalue weighted by Gasteiger charge is 2.22. The van der Waals surface area contributed by atoms with E-state index in [1.807, 2.05) is 0 Å². The SMILES string of the molecule is CC(C)=CCCC(C)=CCCC(C)=CCC(Br)(/C=C(\C)CCC=C(C)C)CC=C(C)CCC=C(C)CCC=C(C)C. The number of rotatable bonds is 20. The minimum Gasteiger partial charge on any atom is -0.0856 e. The van der Waals surface area contributed by atoms with E-state index < -0.39 is 0 Å². The standard InChI is InChI=1S/C40H65Br/c1-32(2)17-12-20-35(7)22-15-24-37(9)27-29-40(41,31-39(11)26-14-19-34(5)6)30-28-38(10)25-16-23-36(8)21-13-18-33(3)4/h17-19,22-23,27-28,31H,12-16,20-21,24-26,29-30H2,1-11H3/b35-22?,36-23?,37-27?,38-28?,39-31+. The molecule has 0 aromatic carbocycles. The Balaban J connectivity index is 5.32. The Morgan fingerprint density at radius 1 is 0.390 bits per heavy atom. The zero-order valence-electron chi connectivity index (χ0n) is 29.0. The molecule has 0 radical (unpaired) electrons. The van der Waals surface area contributed by atoms with Crippen LogP contribution in [0.5, 0.6) is 0 Å². The molecule has 41 heavy (non-hydrogen) atoms. The van der Waals surface area contributed by atoms with Gasteiger partial charge in [0, 0.05) is 0 Å². The predicted molar refractivity (Wildman–Crippen MR) is 194 cm³/mol. The Morgan fingerprint density at radius 2 is 0.659 bits per heavy atom. The number of hydrogen-bond donors (Lipinski definition) is 0. The summed E-state index contributed by atoms with van der Waals surface area (Å²) >= 11 is 4.21. The molecule has 0 saturated carbocycles. The van der Waals surface area contributed by atoms with Gasteiger partial charge in [-0.15, -0.1) is 0 Å². The van der Waals surface area contributed by atoms with Crippen molar-refractivity contribution in [3.8, 4) is 0 Å². The van der Waals surface area contributed by atoms with Crippen LogP contribution in [0.15, 0.2) is 93.2 Å². The molecule has 1 heteroatoms. The Hall–Kier alpha value is -1.60. The molecule has 0 aliphatic rings. The van der Waals surface area contributed by atoms with Crippen LogP contribution in [0.2, 0.25) is 0 Å². The van der Waals surface area contributed by atoms with Crippen molar-refractivity contribution in [1.29, 1.82) is 0 Å². The van der Waals surface area contributed by atoms with Gasteiger partial charge in [-0.1, -0.05) is 109 Å². The highest BCUT2D eigenvalue weighted by atomic mass is 79.9. The van der Waals surface area contributed by atoms with Crippen LogP contribution in [-0.2, 0) is 0 Å². The van der Waals surface area contributed by atoms with Gasteiger partial charge in [0.25, 0.3) is 0 Å². The molecule has 0 nitrogen and oxygen atoms in total. The van der Waals surface area contributed by atoms with E-state index in [9.17, 15) is 0 Å². The van der Waals surface area contributed by atoms with Crippen molar-refractivity contribution in [2.75, 3.05) is 0 Å². The molecule has 0 atom stereocenters. The molecule has 0 unspecified atom stereocenters. The summed E-state index contributed by atoms with van der Waals surface area (Å²) < 4.78 is -0.0310. The van der Waals surface area contributed by atoms with Crippen molar-refractivity contribution in [3.05, 3.63) is 93.2 Å². The van der Waals surface area contributed by atoms with E-state index in [2.05, 4.69) is 141 Å². The minimum atomic E-state index is -0.0310. The molecule has 0 saturated heterocycles. The van der Waals surface area contributed by atoms with Crippen LogP contribution in [0.4, 0.5) is 0 Å². The molecule has 0 spiro atoms. The maximum absolute atomic E-state index is 4.21. The molecule has 0 amide bonds. The monoisotopic (exact) mass is 624 g/mol. The summed E-state index contributed by atoms with van der Waals surface area (Å²) in [6, 6.07) is 0. The second-order valence-electron chi connectivity index (χ2n) is 13.2. The zero-order valence-corrected chi connectivity index (χ0v) is 30.6. The molecule has 0 aliphatic heterocycles. The van der Waals surface area contributed by atoms with E-state index in [-0.39, 0.29) is 4.32 Å². The number of allylic oxidation sites excluding steroid dienone is 16. The summed E-state index contributed by atoms with van der Waals surface area (Å²) in [4.78, 5) is 0. The largest absolute Gasteiger partial charge is 0.0856 e. The smallest absolute Gasteiger partial charge is 0.0508 e. The number of alkyl halides is 1. The summed E-state index contributed by atoms with van der Waals surface area (Å²) in [5.74, 6) is 0. The van der Waals surface area contributed by atoms with E-state index in [0.29, 0.717) is 0 Å². The van der Waals surface area contributed by atoms with Gasteiger partial charge in [-0.2, -0.15) is 0 Å². The van der Waals surface area contributed by atoms with Crippen LogP contribution in [0.1, 0.15) is 153 Å². The van der Waals surface area contributed by atoms with Crippen LogP contribution in [0.3, 0.4) is 0 Å². The van der Waals surface area contributed by atoms with Gasteiger partial charge < -0.3 is 0 Å². The summed E-state index contributed by atoms with van der Waals surface area (Å²) in [5.41, 5.74) is 11.7. The molecule has 0 N–H and O–H groups in total. The van der Waals surface area contributed by atoms with Crippen LogP contribution in [0.25, 0.3) is 0 Å². The lowest BCUT2D eigenvalue weighted by Crippen LogP contribution is -2.16. The van der Waals surface area contributed by atoms with Crippen LogP contribution >= 0.6 is 15.9 Å². The zero-order chi connectivity index (χ0) is 31.3. The topological polar surface area (TPSA) is 0 Å². The minimum absolute atomic E-state index is 0.0310. The maximum Gasteiger partial charge on any atom is 0.0508 e. The second-order valence-corrected chi connectivity index (χ2v) is 14.8. The molecule has 0 rings (SSSR count). The van der Waals surface area contributed by atoms with Crippen LogP contribution in [0, 0.1) is 0 Å². The Morgan fingerprint density at radius 3 is 0.976 bits per heavy atom. The molecule has 0 fully saturated rings. The molecule has 0 bridgehead atoms. The van der Waals surface area contributed by atoms with Gasteiger partial charge in [-0.05, 0) is 153 Å². The first-order valence-corrected chi connectivity index (χ1v) is 16.9. The third kappa shape index (κ3) is 24.7. The van der Waals surface area contributed by atoms with Gasteiger partial charge in [0.1, 0.15) is 0 Å². The van der Waals surface area contributed by atoms with Gasteiger partial charge in [-0.25, -0.2) is 0 Å². The van der Waals surface area contributed by atoms with Crippen molar-refractivity contribution >= 4 is 15.9 Å². The fraction of sp³-hybridized carbons (Fsp3) is 0.600. The molecule has 0 heterocycles. The first-order valence-electron chi connectivity index (χ1n) is 16.1. The van der Waals surface area contributed by atoms with Crippen molar-refractivity contribution in [2.24, 2.45) is 0 Å². The molecular formula is C40H65Br. The third-order valence-electron chi connectivity index (χ3n) is 7.42. The summed E-state index contributed by atoms with van der Waals surface area (Å²) in [6.45, 7) is 24.6. The molecular weight excluding hydrogens is 560 g/mol. The lowest BCUT2D eigenvalue weighted by molar-refractivity contribution is 0.725.